The van der Waals surface area contributed by atoms with E-state index in [1.54, 1.807) is 0 Å². The number of hydrogen-bond donors (Lipinski definition) is 3. The summed E-state index contributed by atoms with van der Waals surface area (Å²) in [6.45, 7) is 2.39. The van der Waals surface area contributed by atoms with Crippen molar-refractivity contribution in [3.63, 3.8) is 0 Å². The van der Waals surface area contributed by atoms with Gasteiger partial charge in [-0.15, -0.1) is 0 Å². The van der Waals surface area contributed by atoms with Crippen LogP contribution in [0, 0.1) is 23.2 Å². The standard InChI is InChI=1S/C25H37N3O6S/c26-35(31,32)22-3-1-21(2-4-22)24(30)28-6-8-34-10-9-33-7-5-27-23(29)17-25-14-18-11-19(15-25)13-20(12-18)16-25/h1-4,18-20H,5-17H2,(H,27,29)(H,28,30)(H2,26,31,32). The predicted molar refractivity (Wildman–Crippen MR) is 130 cm³/mol. The van der Waals surface area contributed by atoms with Crippen LogP contribution >= 0.6 is 0 Å². The lowest BCUT2D eigenvalue weighted by molar-refractivity contribution is -0.129. The van der Waals surface area contributed by atoms with Gasteiger partial charge in [0.25, 0.3) is 5.91 Å². The van der Waals surface area contributed by atoms with Gasteiger partial charge in [-0.2, -0.15) is 0 Å². The number of benzene rings is 1. The average Bonchev–Trinajstić information content (AvgIpc) is 2.78. The van der Waals surface area contributed by atoms with Crippen molar-refractivity contribution in [1.29, 1.82) is 0 Å². The Kier molecular flexibility index (Phi) is 8.46. The van der Waals surface area contributed by atoms with Crippen LogP contribution in [0.1, 0.15) is 55.3 Å². The molecule has 35 heavy (non-hydrogen) atoms. The van der Waals surface area contributed by atoms with Crippen molar-refractivity contribution < 1.29 is 27.5 Å². The molecule has 0 heterocycles. The third-order valence-corrected chi connectivity index (χ3v) is 8.55. The van der Waals surface area contributed by atoms with Crippen molar-refractivity contribution in [2.45, 2.75) is 49.8 Å². The molecule has 4 bridgehead atoms. The van der Waals surface area contributed by atoms with E-state index in [0.29, 0.717) is 51.5 Å². The minimum absolute atomic E-state index is 0.0421. The molecule has 2 amide bonds. The second-order valence-electron chi connectivity index (χ2n) is 10.5. The molecule has 0 saturated heterocycles. The second kappa shape index (κ2) is 11.4. The Morgan fingerprint density at radius 3 is 1.89 bits per heavy atom. The second-order valence-corrected chi connectivity index (χ2v) is 12.1. The van der Waals surface area contributed by atoms with E-state index in [-0.39, 0.29) is 22.1 Å². The van der Waals surface area contributed by atoms with Gasteiger partial charge in [-0.1, -0.05) is 0 Å². The lowest BCUT2D eigenvalue weighted by Gasteiger charge is -2.56. The largest absolute Gasteiger partial charge is 0.377 e. The average molecular weight is 508 g/mol. The summed E-state index contributed by atoms with van der Waals surface area (Å²) in [5.74, 6) is 2.40. The predicted octanol–water partition coefficient (Wildman–Crippen LogP) is 1.82. The number of hydrogen-bond acceptors (Lipinski definition) is 6. The van der Waals surface area contributed by atoms with Crippen molar-refractivity contribution in [1.82, 2.24) is 10.6 Å². The van der Waals surface area contributed by atoms with E-state index >= 15 is 0 Å². The van der Waals surface area contributed by atoms with E-state index in [2.05, 4.69) is 10.6 Å². The molecular weight excluding hydrogens is 470 g/mol. The molecule has 4 saturated carbocycles. The van der Waals surface area contributed by atoms with Gasteiger partial charge in [0, 0.05) is 25.1 Å². The molecular formula is C25H37N3O6S. The summed E-state index contributed by atoms with van der Waals surface area (Å²) in [5.41, 5.74) is 0.600. The van der Waals surface area contributed by atoms with E-state index in [9.17, 15) is 18.0 Å². The third kappa shape index (κ3) is 7.25. The van der Waals surface area contributed by atoms with Crippen molar-refractivity contribution in [3.05, 3.63) is 29.8 Å². The molecule has 4 aliphatic carbocycles. The van der Waals surface area contributed by atoms with Gasteiger partial charge in [-0.3, -0.25) is 9.59 Å². The summed E-state index contributed by atoms with van der Waals surface area (Å²) in [6.07, 6.45) is 8.56. The molecule has 4 fully saturated rings. The van der Waals surface area contributed by atoms with Crippen LogP contribution in [0.5, 0.6) is 0 Å². The molecule has 9 nitrogen and oxygen atoms in total. The Morgan fingerprint density at radius 1 is 0.857 bits per heavy atom. The number of nitrogens with two attached hydrogens (primary N) is 1. The lowest BCUT2D eigenvalue weighted by Crippen LogP contribution is -2.48. The molecule has 0 aliphatic heterocycles. The highest BCUT2D eigenvalue weighted by Gasteiger charge is 2.51. The number of carbonyl (C=O) groups is 2. The highest BCUT2D eigenvalue weighted by Crippen LogP contribution is 2.61. The first-order valence-electron chi connectivity index (χ1n) is 12.6. The number of amides is 2. The highest BCUT2D eigenvalue weighted by atomic mass is 32.2. The zero-order valence-electron chi connectivity index (χ0n) is 20.2. The minimum Gasteiger partial charge on any atom is -0.377 e. The number of nitrogens with one attached hydrogen (secondary N) is 2. The van der Waals surface area contributed by atoms with Gasteiger partial charge in [-0.05, 0) is 86.0 Å². The maximum atomic E-state index is 12.5. The van der Waals surface area contributed by atoms with Crippen molar-refractivity contribution >= 4 is 21.8 Å². The Balaban J connectivity index is 0.999. The minimum atomic E-state index is -3.78. The van der Waals surface area contributed by atoms with Crippen molar-refractivity contribution in [2.24, 2.45) is 28.3 Å². The summed E-state index contributed by atoms with van der Waals surface area (Å²) >= 11 is 0. The van der Waals surface area contributed by atoms with Gasteiger partial charge in [0.1, 0.15) is 0 Å². The normalized spacial score (nSPS) is 27.1. The van der Waals surface area contributed by atoms with Crippen molar-refractivity contribution in [3.8, 4) is 0 Å². The number of carbonyl (C=O) groups excluding carboxylic acids is 2. The van der Waals surface area contributed by atoms with E-state index in [4.69, 9.17) is 14.6 Å². The Bertz CT molecular complexity index is 960. The van der Waals surface area contributed by atoms with Crippen LogP contribution in [0.15, 0.2) is 29.2 Å². The van der Waals surface area contributed by atoms with E-state index in [1.165, 1.54) is 62.8 Å². The zero-order valence-corrected chi connectivity index (χ0v) is 21.0. The molecule has 4 aliphatic rings. The van der Waals surface area contributed by atoms with Crippen LogP contribution in [0.3, 0.4) is 0 Å². The van der Waals surface area contributed by atoms with Crippen LogP contribution in [0.4, 0.5) is 0 Å². The number of sulfonamides is 1. The fourth-order valence-electron chi connectivity index (χ4n) is 6.63. The van der Waals surface area contributed by atoms with Crippen molar-refractivity contribution in [2.75, 3.05) is 39.5 Å². The first kappa shape index (κ1) is 26.1. The van der Waals surface area contributed by atoms with Crippen LogP contribution in [0.2, 0.25) is 0 Å². The van der Waals surface area contributed by atoms with Crippen LogP contribution in [-0.2, 0) is 24.3 Å². The fraction of sp³-hybridized carbons (Fsp3) is 0.680. The lowest BCUT2D eigenvalue weighted by atomic mass is 9.49. The summed E-state index contributed by atoms with van der Waals surface area (Å²) in [7, 11) is -3.78. The fourth-order valence-corrected chi connectivity index (χ4v) is 7.14. The Hall–Kier alpha value is -2.01. The number of rotatable bonds is 13. The van der Waals surface area contributed by atoms with Crippen LogP contribution < -0.4 is 15.8 Å². The van der Waals surface area contributed by atoms with Crippen LogP contribution in [-0.4, -0.2) is 59.7 Å². The van der Waals surface area contributed by atoms with E-state index in [1.807, 2.05) is 0 Å². The number of ether oxygens (including phenoxy) is 2. The first-order chi connectivity index (χ1) is 16.7. The number of primary sulfonamides is 1. The molecule has 10 heteroatoms. The maximum Gasteiger partial charge on any atom is 0.251 e. The molecule has 1 aromatic carbocycles. The molecule has 0 unspecified atom stereocenters. The van der Waals surface area contributed by atoms with Gasteiger partial charge >= 0.3 is 0 Å². The van der Waals surface area contributed by atoms with Gasteiger partial charge in [0.2, 0.25) is 15.9 Å². The molecule has 1 aromatic rings. The monoisotopic (exact) mass is 507 g/mol. The summed E-state index contributed by atoms with van der Waals surface area (Å²) in [4.78, 5) is 24.5. The molecule has 0 atom stereocenters. The first-order valence-corrected chi connectivity index (χ1v) is 14.1. The molecule has 5 rings (SSSR count). The molecule has 0 radical (unpaired) electrons. The van der Waals surface area contributed by atoms with Gasteiger partial charge in [0.15, 0.2) is 0 Å². The summed E-state index contributed by atoms with van der Waals surface area (Å²) in [6, 6.07) is 5.41. The smallest absolute Gasteiger partial charge is 0.251 e. The summed E-state index contributed by atoms with van der Waals surface area (Å²) < 4.78 is 33.5. The highest BCUT2D eigenvalue weighted by molar-refractivity contribution is 7.89. The Morgan fingerprint density at radius 2 is 1.37 bits per heavy atom. The summed E-state index contributed by atoms with van der Waals surface area (Å²) in [5, 5.41) is 10.8. The SMILES string of the molecule is NS(=O)(=O)c1ccc(C(=O)NCCOCCOCCNC(=O)CC23CC4CC(CC(C4)C2)C3)cc1. The molecule has 0 aromatic heterocycles. The quantitative estimate of drug-likeness (QED) is 0.348. The van der Waals surface area contributed by atoms with Gasteiger partial charge in [-0.25, -0.2) is 13.6 Å². The molecule has 4 N–H and O–H groups in total. The molecule has 194 valence electrons. The van der Waals surface area contributed by atoms with E-state index in [0.717, 1.165) is 17.8 Å². The molecule has 0 spiro atoms. The maximum absolute atomic E-state index is 12.5. The topological polar surface area (TPSA) is 137 Å². The Labute approximate surface area is 207 Å². The van der Waals surface area contributed by atoms with E-state index < -0.39 is 10.0 Å². The van der Waals surface area contributed by atoms with Gasteiger partial charge < -0.3 is 20.1 Å². The van der Waals surface area contributed by atoms with Gasteiger partial charge in [0.05, 0.1) is 31.3 Å². The third-order valence-electron chi connectivity index (χ3n) is 7.62. The zero-order chi connectivity index (χ0) is 24.9. The van der Waals surface area contributed by atoms with Crippen LogP contribution in [0.25, 0.3) is 0 Å².